The topological polar surface area (TPSA) is 79.5 Å². The predicted octanol–water partition coefficient (Wildman–Crippen LogP) is 2.53. The molecule has 0 saturated heterocycles. The number of thiophene rings is 1. The second kappa shape index (κ2) is 8.76. The van der Waals surface area contributed by atoms with E-state index in [1.165, 1.54) is 11.3 Å². The van der Waals surface area contributed by atoms with Crippen LogP contribution < -0.4 is 20.9 Å². The summed E-state index contributed by atoms with van der Waals surface area (Å²) in [5.74, 6) is -0.151. The number of amides is 2. The Labute approximate surface area is 156 Å². The van der Waals surface area contributed by atoms with E-state index in [0.717, 1.165) is 10.0 Å². The van der Waals surface area contributed by atoms with Gasteiger partial charge in [0.15, 0.2) is 11.7 Å². The zero-order chi connectivity index (χ0) is 17.5. The fraction of sp³-hybridized carbons (Fsp3) is 0.133. The van der Waals surface area contributed by atoms with Crippen LogP contribution >= 0.6 is 39.5 Å². The molecule has 0 atom stereocenters. The van der Waals surface area contributed by atoms with E-state index in [-0.39, 0.29) is 17.6 Å². The number of hydrazine groups is 1. The van der Waals surface area contributed by atoms with Crippen LogP contribution in [0.3, 0.4) is 0 Å². The second-order valence-corrected chi connectivity index (χ2v) is 6.90. The van der Waals surface area contributed by atoms with E-state index in [9.17, 15) is 9.59 Å². The van der Waals surface area contributed by atoms with Crippen molar-refractivity contribution >= 4 is 56.4 Å². The van der Waals surface area contributed by atoms with Crippen LogP contribution in [-0.4, -0.2) is 23.5 Å². The van der Waals surface area contributed by atoms with Crippen LogP contribution in [0.2, 0.25) is 0 Å². The number of aryl methyl sites for hydroxylation is 1. The molecule has 0 saturated carbocycles. The summed E-state index contributed by atoms with van der Waals surface area (Å²) in [6, 6.07) is 8.93. The zero-order valence-corrected chi connectivity index (χ0v) is 15.8. The first-order chi connectivity index (χ1) is 11.5. The summed E-state index contributed by atoms with van der Waals surface area (Å²) in [5, 5.41) is 4.19. The molecule has 6 nitrogen and oxygen atoms in total. The van der Waals surface area contributed by atoms with E-state index >= 15 is 0 Å². The third-order valence-electron chi connectivity index (χ3n) is 2.78. The fourth-order valence-corrected chi connectivity index (χ4v) is 2.95. The number of ether oxygens (including phenoxy) is 1. The highest BCUT2D eigenvalue weighted by molar-refractivity contribution is 9.10. The van der Waals surface area contributed by atoms with Crippen molar-refractivity contribution in [1.82, 2.24) is 16.2 Å². The first kappa shape index (κ1) is 18.4. The molecule has 1 aromatic carbocycles. The number of nitrogens with one attached hydrogen (secondary N) is 3. The number of carbonyl (C=O) groups excluding carboxylic acids is 2. The van der Waals surface area contributed by atoms with E-state index in [0.29, 0.717) is 10.6 Å². The van der Waals surface area contributed by atoms with Gasteiger partial charge in [-0.05, 0) is 54.4 Å². The van der Waals surface area contributed by atoms with E-state index in [1.807, 2.05) is 19.1 Å². The third-order valence-corrected chi connectivity index (χ3v) is 4.35. The van der Waals surface area contributed by atoms with Crippen LogP contribution in [0, 0.1) is 6.92 Å². The first-order valence-electron chi connectivity index (χ1n) is 6.78. The number of thiocarbonyl (C=S) groups is 1. The number of benzene rings is 1. The number of hydrogen-bond donors (Lipinski definition) is 3. The smallest absolute Gasteiger partial charge is 0.279 e. The average molecular weight is 428 g/mol. The van der Waals surface area contributed by atoms with E-state index in [4.69, 9.17) is 17.0 Å². The summed E-state index contributed by atoms with van der Waals surface area (Å²) in [5.41, 5.74) is 5.77. The molecular formula is C15H14BrN3O3S2. The van der Waals surface area contributed by atoms with Crippen molar-refractivity contribution < 1.29 is 14.3 Å². The molecule has 1 aromatic heterocycles. The molecule has 9 heteroatoms. The fourth-order valence-electron chi connectivity index (χ4n) is 1.69. The van der Waals surface area contributed by atoms with Gasteiger partial charge in [0, 0.05) is 4.47 Å². The first-order valence-corrected chi connectivity index (χ1v) is 8.86. The molecule has 126 valence electrons. The van der Waals surface area contributed by atoms with Gasteiger partial charge in [0.05, 0.1) is 4.88 Å². The van der Waals surface area contributed by atoms with Crippen molar-refractivity contribution in [2.45, 2.75) is 6.92 Å². The van der Waals surface area contributed by atoms with Gasteiger partial charge in [-0.25, -0.2) is 0 Å². The van der Waals surface area contributed by atoms with Crippen LogP contribution in [-0.2, 0) is 4.79 Å². The highest BCUT2D eigenvalue weighted by atomic mass is 79.9. The molecule has 0 spiro atoms. The van der Waals surface area contributed by atoms with E-state index < -0.39 is 5.91 Å². The summed E-state index contributed by atoms with van der Waals surface area (Å²) in [6.07, 6.45) is 0. The standard InChI is InChI=1S/C15H14BrN3O3S2/c1-9-7-10(16)4-5-11(9)22-8-13(20)17-15(23)19-18-14(21)12-3-2-6-24-12/h2-7H,8H2,1H3,(H,18,21)(H2,17,19,20,23). The van der Waals surface area contributed by atoms with Crippen molar-refractivity contribution in [3.05, 3.63) is 50.6 Å². The Morgan fingerprint density at radius 2 is 2.08 bits per heavy atom. The third kappa shape index (κ3) is 5.59. The lowest BCUT2D eigenvalue weighted by Gasteiger charge is -2.12. The van der Waals surface area contributed by atoms with Gasteiger partial charge in [0.2, 0.25) is 0 Å². The SMILES string of the molecule is Cc1cc(Br)ccc1OCC(=O)NC(=S)NNC(=O)c1cccs1. The maximum Gasteiger partial charge on any atom is 0.279 e. The average Bonchev–Trinajstić information content (AvgIpc) is 3.06. The maximum atomic E-state index is 11.8. The molecule has 0 unspecified atom stereocenters. The summed E-state index contributed by atoms with van der Waals surface area (Å²) in [7, 11) is 0. The van der Waals surface area contributed by atoms with Crippen LogP contribution in [0.1, 0.15) is 15.2 Å². The quantitative estimate of drug-likeness (QED) is 0.515. The number of rotatable bonds is 4. The van der Waals surface area contributed by atoms with Gasteiger partial charge in [-0.1, -0.05) is 22.0 Å². The van der Waals surface area contributed by atoms with Crippen LogP contribution in [0.4, 0.5) is 0 Å². The number of carbonyl (C=O) groups is 2. The van der Waals surface area contributed by atoms with E-state index in [1.54, 1.807) is 23.6 Å². The van der Waals surface area contributed by atoms with Gasteiger partial charge in [-0.15, -0.1) is 11.3 Å². The van der Waals surface area contributed by atoms with Crippen molar-refractivity contribution in [2.75, 3.05) is 6.61 Å². The van der Waals surface area contributed by atoms with Crippen molar-refractivity contribution in [1.29, 1.82) is 0 Å². The molecule has 2 amide bonds. The predicted molar refractivity (Wildman–Crippen MR) is 100 cm³/mol. The maximum absolute atomic E-state index is 11.8. The Hall–Kier alpha value is -1.97. The molecule has 2 rings (SSSR count). The van der Waals surface area contributed by atoms with Crippen LogP contribution in [0.5, 0.6) is 5.75 Å². The summed E-state index contributed by atoms with van der Waals surface area (Å²) < 4.78 is 6.37. The molecule has 0 aliphatic heterocycles. The summed E-state index contributed by atoms with van der Waals surface area (Å²) in [6.45, 7) is 1.69. The molecule has 1 heterocycles. The van der Waals surface area contributed by atoms with Crippen LogP contribution in [0.15, 0.2) is 40.2 Å². The molecule has 0 aliphatic carbocycles. The van der Waals surface area contributed by atoms with Gasteiger partial charge < -0.3 is 4.74 Å². The Bertz CT molecular complexity index is 750. The Balaban J connectivity index is 1.73. The summed E-state index contributed by atoms with van der Waals surface area (Å²) in [4.78, 5) is 24.0. The normalized spacial score (nSPS) is 9.92. The van der Waals surface area contributed by atoms with Crippen molar-refractivity contribution in [3.8, 4) is 5.75 Å². The number of hydrogen-bond acceptors (Lipinski definition) is 5. The Morgan fingerprint density at radius 1 is 1.29 bits per heavy atom. The van der Waals surface area contributed by atoms with Gasteiger partial charge in [0.25, 0.3) is 11.8 Å². The molecule has 0 aliphatic rings. The van der Waals surface area contributed by atoms with Gasteiger partial charge in [-0.2, -0.15) is 0 Å². The molecule has 0 fully saturated rings. The lowest BCUT2D eigenvalue weighted by Crippen LogP contribution is -2.49. The van der Waals surface area contributed by atoms with E-state index in [2.05, 4.69) is 32.1 Å². The molecule has 2 aromatic rings. The Kier molecular flexibility index (Phi) is 6.71. The molecular weight excluding hydrogens is 414 g/mol. The highest BCUT2D eigenvalue weighted by Crippen LogP contribution is 2.21. The molecule has 0 bridgehead atoms. The van der Waals surface area contributed by atoms with Crippen molar-refractivity contribution in [3.63, 3.8) is 0 Å². The summed E-state index contributed by atoms with van der Waals surface area (Å²) >= 11 is 9.59. The minimum Gasteiger partial charge on any atom is -0.483 e. The van der Waals surface area contributed by atoms with Crippen molar-refractivity contribution in [2.24, 2.45) is 0 Å². The molecule has 0 radical (unpaired) electrons. The molecule has 24 heavy (non-hydrogen) atoms. The lowest BCUT2D eigenvalue weighted by atomic mass is 10.2. The second-order valence-electron chi connectivity index (χ2n) is 4.63. The van der Waals surface area contributed by atoms with Gasteiger partial charge in [-0.3, -0.25) is 25.8 Å². The minimum atomic E-state index is -0.430. The van der Waals surface area contributed by atoms with Gasteiger partial charge in [0.1, 0.15) is 5.75 Å². The largest absolute Gasteiger partial charge is 0.483 e. The molecule has 3 N–H and O–H groups in total. The van der Waals surface area contributed by atoms with Crippen LogP contribution in [0.25, 0.3) is 0 Å². The highest BCUT2D eigenvalue weighted by Gasteiger charge is 2.09. The van der Waals surface area contributed by atoms with Gasteiger partial charge >= 0.3 is 0 Å². The monoisotopic (exact) mass is 427 g/mol. The zero-order valence-electron chi connectivity index (χ0n) is 12.6. The lowest BCUT2D eigenvalue weighted by molar-refractivity contribution is -0.121. The number of halogens is 1. The Morgan fingerprint density at radius 3 is 2.75 bits per heavy atom. The minimum absolute atomic E-state index is 0.0129.